The molecule has 8 heteroatoms. The van der Waals surface area contributed by atoms with Crippen molar-refractivity contribution in [2.45, 2.75) is 20.1 Å². The van der Waals surface area contributed by atoms with Crippen molar-refractivity contribution in [3.05, 3.63) is 65.2 Å². The second kappa shape index (κ2) is 6.84. The SMILES string of the molecule is CCn1c(CON=C(N)c2ccc(F)c(F)c2)nc2c(F)cccc21. The van der Waals surface area contributed by atoms with Crippen LogP contribution in [-0.2, 0) is 18.0 Å². The molecule has 0 aliphatic carbocycles. The van der Waals surface area contributed by atoms with Crippen LogP contribution in [0.1, 0.15) is 18.3 Å². The Morgan fingerprint density at radius 2 is 1.96 bits per heavy atom. The maximum atomic E-state index is 13.8. The Bertz CT molecular complexity index is 952. The fourth-order valence-corrected chi connectivity index (χ4v) is 2.49. The van der Waals surface area contributed by atoms with E-state index in [-0.39, 0.29) is 23.5 Å². The van der Waals surface area contributed by atoms with E-state index in [1.807, 2.05) is 6.92 Å². The van der Waals surface area contributed by atoms with E-state index < -0.39 is 17.5 Å². The van der Waals surface area contributed by atoms with Gasteiger partial charge in [-0.2, -0.15) is 0 Å². The maximum absolute atomic E-state index is 13.8. The third-order valence-corrected chi connectivity index (χ3v) is 3.70. The molecule has 0 unspecified atom stereocenters. The number of benzene rings is 2. The summed E-state index contributed by atoms with van der Waals surface area (Å²) in [4.78, 5) is 9.38. The number of aryl methyl sites for hydroxylation is 1. The van der Waals surface area contributed by atoms with E-state index in [1.165, 1.54) is 12.1 Å². The van der Waals surface area contributed by atoms with Gasteiger partial charge in [0.15, 0.2) is 35.7 Å². The van der Waals surface area contributed by atoms with Crippen molar-refractivity contribution in [1.82, 2.24) is 9.55 Å². The topological polar surface area (TPSA) is 65.4 Å². The molecule has 5 nitrogen and oxygen atoms in total. The molecule has 0 saturated carbocycles. The highest BCUT2D eigenvalue weighted by molar-refractivity contribution is 5.97. The highest BCUT2D eigenvalue weighted by Gasteiger charge is 2.13. The molecule has 0 aliphatic heterocycles. The van der Waals surface area contributed by atoms with E-state index in [2.05, 4.69) is 10.1 Å². The zero-order chi connectivity index (χ0) is 18.0. The number of nitrogens with two attached hydrogens (primary N) is 1. The van der Waals surface area contributed by atoms with Gasteiger partial charge in [-0.25, -0.2) is 18.2 Å². The Morgan fingerprint density at radius 3 is 2.68 bits per heavy atom. The normalized spacial score (nSPS) is 11.9. The van der Waals surface area contributed by atoms with E-state index >= 15 is 0 Å². The van der Waals surface area contributed by atoms with Gasteiger partial charge in [-0.1, -0.05) is 11.2 Å². The summed E-state index contributed by atoms with van der Waals surface area (Å²) in [5.41, 5.74) is 6.79. The number of amidine groups is 1. The van der Waals surface area contributed by atoms with Crippen LogP contribution in [0.5, 0.6) is 0 Å². The first-order chi connectivity index (χ1) is 12.0. The molecule has 130 valence electrons. The van der Waals surface area contributed by atoms with Crippen molar-refractivity contribution in [2.75, 3.05) is 0 Å². The molecule has 0 atom stereocenters. The van der Waals surface area contributed by atoms with Gasteiger partial charge in [-0.15, -0.1) is 0 Å². The summed E-state index contributed by atoms with van der Waals surface area (Å²) >= 11 is 0. The molecule has 0 spiro atoms. The fraction of sp³-hybridized carbons (Fsp3) is 0.176. The van der Waals surface area contributed by atoms with Crippen LogP contribution in [-0.4, -0.2) is 15.4 Å². The van der Waals surface area contributed by atoms with E-state index in [0.717, 1.165) is 12.1 Å². The molecular formula is C17H15F3N4O. The first-order valence-corrected chi connectivity index (χ1v) is 7.55. The standard InChI is InChI=1S/C17H15F3N4O/c1-2-24-14-5-3-4-12(19)16(14)22-15(24)9-25-23-17(21)10-6-7-11(18)13(20)8-10/h3-8H,2,9H2,1H3,(H2,21,23). The van der Waals surface area contributed by atoms with E-state index in [4.69, 9.17) is 10.6 Å². The Hall–Kier alpha value is -3.03. The molecule has 25 heavy (non-hydrogen) atoms. The number of para-hydroxylation sites is 1. The van der Waals surface area contributed by atoms with Crippen LogP contribution in [0, 0.1) is 17.5 Å². The van der Waals surface area contributed by atoms with Crippen LogP contribution >= 0.6 is 0 Å². The zero-order valence-electron chi connectivity index (χ0n) is 13.3. The van der Waals surface area contributed by atoms with Gasteiger partial charge in [0, 0.05) is 12.1 Å². The first-order valence-electron chi connectivity index (χ1n) is 7.55. The summed E-state index contributed by atoms with van der Waals surface area (Å²) in [5, 5.41) is 3.69. The summed E-state index contributed by atoms with van der Waals surface area (Å²) in [7, 11) is 0. The molecule has 2 N–H and O–H groups in total. The lowest BCUT2D eigenvalue weighted by atomic mass is 10.2. The first kappa shape index (κ1) is 16.8. The Morgan fingerprint density at radius 1 is 1.16 bits per heavy atom. The second-order valence-corrected chi connectivity index (χ2v) is 5.26. The average Bonchev–Trinajstić information content (AvgIpc) is 2.96. The van der Waals surface area contributed by atoms with E-state index in [0.29, 0.717) is 17.9 Å². The molecule has 2 aromatic carbocycles. The highest BCUT2D eigenvalue weighted by atomic mass is 19.2. The van der Waals surface area contributed by atoms with Crippen molar-refractivity contribution < 1.29 is 18.0 Å². The molecule has 1 aromatic heterocycles. The molecule has 0 fully saturated rings. The molecule has 0 saturated heterocycles. The molecule has 0 bridgehead atoms. The maximum Gasteiger partial charge on any atom is 0.174 e. The number of fused-ring (bicyclic) bond motifs is 1. The third kappa shape index (κ3) is 3.28. The number of oxime groups is 1. The third-order valence-electron chi connectivity index (χ3n) is 3.70. The molecule has 0 amide bonds. The second-order valence-electron chi connectivity index (χ2n) is 5.26. The van der Waals surface area contributed by atoms with Crippen molar-refractivity contribution in [1.29, 1.82) is 0 Å². The van der Waals surface area contributed by atoms with Crippen molar-refractivity contribution in [3.8, 4) is 0 Å². The Labute approximate surface area is 141 Å². The number of halogens is 3. The molecule has 3 rings (SSSR count). The van der Waals surface area contributed by atoms with Crippen LogP contribution in [0.2, 0.25) is 0 Å². The van der Waals surface area contributed by atoms with Gasteiger partial charge in [0.25, 0.3) is 0 Å². The van der Waals surface area contributed by atoms with Gasteiger partial charge in [-0.3, -0.25) is 0 Å². The lowest BCUT2D eigenvalue weighted by molar-refractivity contribution is 0.122. The quantitative estimate of drug-likeness (QED) is 0.437. The molecule has 0 radical (unpaired) electrons. The van der Waals surface area contributed by atoms with Crippen LogP contribution in [0.4, 0.5) is 13.2 Å². The zero-order valence-corrected chi connectivity index (χ0v) is 13.3. The van der Waals surface area contributed by atoms with Crippen LogP contribution < -0.4 is 5.73 Å². The summed E-state index contributed by atoms with van der Waals surface area (Å²) in [6.45, 7) is 2.42. The van der Waals surface area contributed by atoms with Crippen LogP contribution in [0.25, 0.3) is 11.0 Å². The number of aromatic nitrogens is 2. The number of nitrogens with zero attached hydrogens (tertiary/aromatic N) is 3. The predicted molar refractivity (Wildman–Crippen MR) is 87.2 cm³/mol. The molecular weight excluding hydrogens is 333 g/mol. The number of hydrogen-bond acceptors (Lipinski definition) is 3. The average molecular weight is 348 g/mol. The summed E-state index contributed by atoms with van der Waals surface area (Å²) in [6, 6.07) is 7.86. The van der Waals surface area contributed by atoms with Gasteiger partial charge in [0.05, 0.1) is 5.52 Å². The smallest absolute Gasteiger partial charge is 0.174 e. The monoisotopic (exact) mass is 348 g/mol. The van der Waals surface area contributed by atoms with Gasteiger partial charge in [-0.05, 0) is 37.3 Å². The van der Waals surface area contributed by atoms with E-state index in [1.54, 1.807) is 16.7 Å². The minimum absolute atomic E-state index is 0.0493. The largest absolute Gasteiger partial charge is 0.386 e. The minimum atomic E-state index is -1.03. The summed E-state index contributed by atoms with van der Waals surface area (Å²) < 4.78 is 41.8. The van der Waals surface area contributed by atoms with Crippen LogP contribution in [0.3, 0.4) is 0 Å². The van der Waals surface area contributed by atoms with Crippen molar-refractivity contribution in [2.24, 2.45) is 10.9 Å². The predicted octanol–water partition coefficient (Wildman–Crippen LogP) is 3.31. The molecule has 0 aliphatic rings. The lowest BCUT2D eigenvalue weighted by Crippen LogP contribution is -2.14. The van der Waals surface area contributed by atoms with Gasteiger partial charge < -0.3 is 15.1 Å². The minimum Gasteiger partial charge on any atom is -0.386 e. The molecule has 3 aromatic rings. The van der Waals surface area contributed by atoms with Gasteiger partial charge in [0.1, 0.15) is 5.52 Å². The summed E-state index contributed by atoms with van der Waals surface area (Å²) in [6.07, 6.45) is 0. The Kier molecular flexibility index (Phi) is 4.60. The number of imidazole rings is 1. The van der Waals surface area contributed by atoms with Crippen molar-refractivity contribution >= 4 is 16.9 Å². The van der Waals surface area contributed by atoms with Crippen molar-refractivity contribution in [3.63, 3.8) is 0 Å². The van der Waals surface area contributed by atoms with Crippen LogP contribution in [0.15, 0.2) is 41.6 Å². The number of hydrogen-bond donors (Lipinski definition) is 1. The Balaban J connectivity index is 1.80. The highest BCUT2D eigenvalue weighted by Crippen LogP contribution is 2.19. The fourth-order valence-electron chi connectivity index (χ4n) is 2.49. The summed E-state index contributed by atoms with van der Waals surface area (Å²) in [5.74, 6) is -2.06. The molecule has 1 heterocycles. The number of rotatable bonds is 5. The van der Waals surface area contributed by atoms with Gasteiger partial charge >= 0.3 is 0 Å². The van der Waals surface area contributed by atoms with E-state index in [9.17, 15) is 13.2 Å². The van der Waals surface area contributed by atoms with Gasteiger partial charge in [0.2, 0.25) is 0 Å². The lowest BCUT2D eigenvalue weighted by Gasteiger charge is -2.06.